The van der Waals surface area contributed by atoms with Crippen LogP contribution in [-0.4, -0.2) is 23.0 Å². The summed E-state index contributed by atoms with van der Waals surface area (Å²) in [5.41, 5.74) is 1.06. The number of hydrogen-bond acceptors (Lipinski definition) is 2. The number of amides is 1. The number of para-hydroxylation sites is 1. The monoisotopic (exact) mass is 315 g/mol. The molecule has 0 unspecified atom stereocenters. The van der Waals surface area contributed by atoms with Gasteiger partial charge in [-0.05, 0) is 35.8 Å². The number of carbonyl (C=O) groups is 2. The van der Waals surface area contributed by atoms with Crippen LogP contribution in [0.25, 0.3) is 0 Å². The molecule has 1 N–H and O–H groups in total. The first kappa shape index (κ1) is 17.3. The lowest BCUT2D eigenvalue weighted by atomic mass is 10.0. The molecule has 2 rings (SSSR count). The maximum Gasteiger partial charge on any atom is 0.328 e. The van der Waals surface area contributed by atoms with Crippen LogP contribution in [0.15, 0.2) is 42.5 Å². The quantitative estimate of drug-likeness (QED) is 0.842. The predicted octanol–water partition coefficient (Wildman–Crippen LogP) is 3.73. The molecule has 0 bridgehead atoms. The third-order valence-corrected chi connectivity index (χ3v) is 5.66. The summed E-state index contributed by atoms with van der Waals surface area (Å²) in [6, 6.07) is 9.40. The molecule has 1 aromatic carbocycles. The van der Waals surface area contributed by atoms with E-state index < -0.39 is 5.97 Å². The lowest BCUT2D eigenvalue weighted by molar-refractivity contribution is -0.131. The summed E-state index contributed by atoms with van der Waals surface area (Å²) >= 11 is 0. The van der Waals surface area contributed by atoms with Crippen LogP contribution in [0.5, 0.6) is 0 Å². The van der Waals surface area contributed by atoms with E-state index in [0.29, 0.717) is 5.92 Å². The molecule has 1 amide bonds. The number of aliphatic carboxylic acids is 1. The Morgan fingerprint density at radius 3 is 2.04 bits per heavy atom. The van der Waals surface area contributed by atoms with E-state index in [-0.39, 0.29) is 22.8 Å². The van der Waals surface area contributed by atoms with E-state index >= 15 is 0 Å². The molecule has 1 saturated carbocycles. The average Bonchev–Trinajstić information content (AvgIpc) is 2.87. The summed E-state index contributed by atoms with van der Waals surface area (Å²) < 4.78 is 0. The van der Waals surface area contributed by atoms with Crippen molar-refractivity contribution in [2.75, 3.05) is 4.90 Å². The van der Waals surface area contributed by atoms with Crippen molar-refractivity contribution < 1.29 is 14.7 Å². The second-order valence-electron chi connectivity index (χ2n) is 7.38. The lowest BCUT2D eigenvalue weighted by Crippen LogP contribution is -2.40. The molecular weight excluding hydrogens is 290 g/mol. The first-order valence-corrected chi connectivity index (χ1v) is 7.90. The fourth-order valence-corrected chi connectivity index (χ4v) is 3.98. The Bertz CT molecular complexity index is 617. The molecule has 1 aromatic rings. The number of anilines is 1. The summed E-state index contributed by atoms with van der Waals surface area (Å²) in [5.74, 6) is -1.08. The molecule has 1 atom stereocenters. The minimum absolute atomic E-state index is 0.0201. The van der Waals surface area contributed by atoms with Gasteiger partial charge in [0, 0.05) is 23.9 Å². The van der Waals surface area contributed by atoms with Gasteiger partial charge in [0.2, 0.25) is 0 Å². The first-order valence-electron chi connectivity index (χ1n) is 7.90. The fourth-order valence-electron chi connectivity index (χ4n) is 3.98. The van der Waals surface area contributed by atoms with E-state index in [1.165, 1.54) is 0 Å². The SMILES string of the molecule is C[C@H](C1C(C)(C)C1(C)C)N(C(=O)/C=C/C(=O)O)c1ccccc1. The van der Waals surface area contributed by atoms with Gasteiger partial charge in [-0.3, -0.25) is 4.79 Å². The molecule has 1 aliphatic rings. The van der Waals surface area contributed by atoms with Crippen LogP contribution in [-0.2, 0) is 9.59 Å². The largest absolute Gasteiger partial charge is 0.478 e. The zero-order valence-electron chi connectivity index (χ0n) is 14.4. The van der Waals surface area contributed by atoms with E-state index in [2.05, 4.69) is 27.7 Å². The standard InChI is InChI=1S/C19H25NO3/c1-13(17-18(2,3)19(17,4)5)20(14-9-7-6-8-10-14)15(21)11-12-16(22)23/h6-13,17H,1-5H3,(H,22,23)/b12-11+/t13-/m1/s1. The van der Waals surface area contributed by atoms with Gasteiger partial charge in [0.15, 0.2) is 0 Å². The third kappa shape index (κ3) is 3.03. The van der Waals surface area contributed by atoms with Gasteiger partial charge in [0.1, 0.15) is 0 Å². The van der Waals surface area contributed by atoms with Crippen molar-refractivity contribution >= 4 is 17.6 Å². The van der Waals surface area contributed by atoms with Crippen molar-refractivity contribution in [2.24, 2.45) is 16.7 Å². The Balaban J connectivity index is 2.35. The molecule has 0 heterocycles. The molecule has 124 valence electrons. The van der Waals surface area contributed by atoms with Crippen LogP contribution in [0.2, 0.25) is 0 Å². The first-order chi connectivity index (χ1) is 10.6. The van der Waals surface area contributed by atoms with Crippen molar-refractivity contribution in [1.29, 1.82) is 0 Å². The van der Waals surface area contributed by atoms with Crippen LogP contribution in [0.1, 0.15) is 34.6 Å². The summed E-state index contributed by atoms with van der Waals surface area (Å²) in [6.07, 6.45) is 2.03. The van der Waals surface area contributed by atoms with Gasteiger partial charge in [0.05, 0.1) is 0 Å². The number of benzene rings is 1. The van der Waals surface area contributed by atoms with Crippen LogP contribution in [0.4, 0.5) is 5.69 Å². The smallest absolute Gasteiger partial charge is 0.328 e. The number of rotatable bonds is 5. The van der Waals surface area contributed by atoms with Crippen LogP contribution >= 0.6 is 0 Å². The van der Waals surface area contributed by atoms with Gasteiger partial charge in [-0.2, -0.15) is 0 Å². The number of carboxylic acids is 1. The highest BCUT2D eigenvalue weighted by Gasteiger charge is 2.67. The highest BCUT2D eigenvalue weighted by atomic mass is 16.4. The maximum absolute atomic E-state index is 12.6. The van der Waals surface area contributed by atoms with Gasteiger partial charge in [-0.1, -0.05) is 45.9 Å². The normalized spacial score (nSPS) is 20.2. The number of nitrogens with zero attached hydrogens (tertiary/aromatic N) is 1. The molecule has 0 radical (unpaired) electrons. The van der Waals surface area contributed by atoms with E-state index in [0.717, 1.165) is 17.8 Å². The number of carbonyl (C=O) groups excluding carboxylic acids is 1. The van der Waals surface area contributed by atoms with Crippen molar-refractivity contribution in [3.8, 4) is 0 Å². The van der Waals surface area contributed by atoms with Crippen molar-refractivity contribution in [3.05, 3.63) is 42.5 Å². The maximum atomic E-state index is 12.6. The lowest BCUT2D eigenvalue weighted by Gasteiger charge is -2.30. The summed E-state index contributed by atoms with van der Waals surface area (Å²) in [5, 5.41) is 8.78. The highest BCUT2D eigenvalue weighted by Crippen LogP contribution is 2.70. The predicted molar refractivity (Wildman–Crippen MR) is 91.2 cm³/mol. The van der Waals surface area contributed by atoms with E-state index in [1.807, 2.05) is 37.3 Å². The summed E-state index contributed by atoms with van der Waals surface area (Å²) in [4.78, 5) is 25.1. The van der Waals surface area contributed by atoms with Gasteiger partial charge in [-0.15, -0.1) is 0 Å². The summed E-state index contributed by atoms with van der Waals surface area (Å²) in [7, 11) is 0. The molecule has 1 fully saturated rings. The Morgan fingerprint density at radius 1 is 1.09 bits per heavy atom. The second kappa shape index (κ2) is 5.84. The third-order valence-electron chi connectivity index (χ3n) is 5.66. The molecule has 4 heteroatoms. The van der Waals surface area contributed by atoms with Gasteiger partial charge >= 0.3 is 5.97 Å². The Morgan fingerprint density at radius 2 is 1.61 bits per heavy atom. The minimum atomic E-state index is -1.12. The molecule has 0 saturated heterocycles. The van der Waals surface area contributed by atoms with Gasteiger partial charge < -0.3 is 10.0 Å². The Kier molecular flexibility index (Phi) is 4.38. The minimum Gasteiger partial charge on any atom is -0.478 e. The van der Waals surface area contributed by atoms with Crippen LogP contribution in [0, 0.1) is 16.7 Å². The average molecular weight is 315 g/mol. The number of hydrogen-bond donors (Lipinski definition) is 1. The number of carboxylic acid groups (broad SMARTS) is 1. The van der Waals surface area contributed by atoms with Gasteiger partial charge in [-0.25, -0.2) is 4.79 Å². The van der Waals surface area contributed by atoms with Gasteiger partial charge in [0.25, 0.3) is 5.91 Å². The van der Waals surface area contributed by atoms with E-state index in [4.69, 9.17) is 5.11 Å². The van der Waals surface area contributed by atoms with Crippen molar-refractivity contribution in [1.82, 2.24) is 0 Å². The van der Waals surface area contributed by atoms with Crippen molar-refractivity contribution in [3.63, 3.8) is 0 Å². The zero-order valence-corrected chi connectivity index (χ0v) is 14.4. The van der Waals surface area contributed by atoms with E-state index in [9.17, 15) is 9.59 Å². The zero-order chi connectivity index (χ0) is 17.4. The second-order valence-corrected chi connectivity index (χ2v) is 7.38. The Hall–Kier alpha value is -2.10. The van der Waals surface area contributed by atoms with E-state index in [1.54, 1.807) is 4.90 Å². The molecule has 1 aliphatic carbocycles. The Labute approximate surface area is 137 Å². The van der Waals surface area contributed by atoms with Crippen LogP contribution < -0.4 is 4.90 Å². The fraction of sp³-hybridized carbons (Fsp3) is 0.474. The van der Waals surface area contributed by atoms with Crippen LogP contribution in [0.3, 0.4) is 0 Å². The molecule has 0 aliphatic heterocycles. The van der Waals surface area contributed by atoms with Crippen molar-refractivity contribution in [2.45, 2.75) is 40.7 Å². The molecule has 4 nitrogen and oxygen atoms in total. The molecule has 0 aromatic heterocycles. The topological polar surface area (TPSA) is 57.6 Å². The summed E-state index contributed by atoms with van der Waals surface area (Å²) in [6.45, 7) is 10.9. The molecular formula is C19H25NO3. The highest BCUT2D eigenvalue weighted by molar-refractivity contribution is 6.04. The molecule has 0 spiro atoms. The molecule has 23 heavy (non-hydrogen) atoms.